The SMILES string of the molecule is CC1/C=C(\S)C(S)C/C=C(/S)C1. The topological polar surface area (TPSA) is 0 Å². The van der Waals surface area contributed by atoms with Crippen LogP contribution in [0.4, 0.5) is 0 Å². The zero-order valence-corrected chi connectivity index (χ0v) is 9.75. The van der Waals surface area contributed by atoms with E-state index in [1.807, 2.05) is 0 Å². The molecular formula is C9H14S3. The Morgan fingerprint density at radius 1 is 1.42 bits per heavy atom. The van der Waals surface area contributed by atoms with Gasteiger partial charge in [0.25, 0.3) is 0 Å². The predicted octanol–water partition coefficient (Wildman–Crippen LogP) is 3.34. The van der Waals surface area contributed by atoms with Gasteiger partial charge in [0.1, 0.15) is 0 Å². The number of hydrogen-bond acceptors (Lipinski definition) is 3. The van der Waals surface area contributed by atoms with Crippen molar-refractivity contribution < 1.29 is 0 Å². The lowest BCUT2D eigenvalue weighted by Crippen LogP contribution is -2.03. The van der Waals surface area contributed by atoms with E-state index in [0.717, 1.165) is 17.7 Å². The molecule has 0 aliphatic heterocycles. The van der Waals surface area contributed by atoms with Crippen molar-refractivity contribution >= 4 is 37.9 Å². The van der Waals surface area contributed by atoms with Gasteiger partial charge < -0.3 is 0 Å². The van der Waals surface area contributed by atoms with E-state index in [9.17, 15) is 0 Å². The molecule has 1 aliphatic carbocycles. The minimum atomic E-state index is 0.248. The molecule has 0 bridgehead atoms. The van der Waals surface area contributed by atoms with Crippen molar-refractivity contribution in [1.29, 1.82) is 0 Å². The largest absolute Gasteiger partial charge is 0.170 e. The highest BCUT2D eigenvalue weighted by Gasteiger charge is 2.10. The van der Waals surface area contributed by atoms with Gasteiger partial charge in [0, 0.05) is 5.25 Å². The van der Waals surface area contributed by atoms with Crippen molar-refractivity contribution in [2.75, 3.05) is 0 Å². The molecule has 2 atom stereocenters. The Labute approximate surface area is 90.7 Å². The zero-order valence-electron chi connectivity index (χ0n) is 7.07. The van der Waals surface area contributed by atoms with Crippen molar-refractivity contribution in [3.05, 3.63) is 22.0 Å². The van der Waals surface area contributed by atoms with Crippen LogP contribution in [0.25, 0.3) is 0 Å². The molecule has 0 spiro atoms. The van der Waals surface area contributed by atoms with E-state index in [1.165, 1.54) is 4.91 Å². The van der Waals surface area contributed by atoms with Crippen molar-refractivity contribution in [1.82, 2.24) is 0 Å². The summed E-state index contributed by atoms with van der Waals surface area (Å²) in [6.07, 6.45) is 6.27. The van der Waals surface area contributed by atoms with E-state index < -0.39 is 0 Å². The van der Waals surface area contributed by atoms with Crippen molar-refractivity contribution in [3.63, 3.8) is 0 Å². The van der Waals surface area contributed by atoms with E-state index in [2.05, 4.69) is 57.0 Å². The van der Waals surface area contributed by atoms with Gasteiger partial charge in [0.2, 0.25) is 0 Å². The molecule has 0 aromatic rings. The standard InChI is InChI=1S/C9H14S3/c1-6-4-7(10)2-3-8(11)9(12)5-6/h2,5-6,8,10-12H,3-4H2,1H3/b7-2+,9-5-. The molecule has 2 unspecified atom stereocenters. The van der Waals surface area contributed by atoms with E-state index in [4.69, 9.17) is 0 Å². The first-order valence-electron chi connectivity index (χ1n) is 4.06. The lowest BCUT2D eigenvalue weighted by Gasteiger charge is -2.16. The summed E-state index contributed by atoms with van der Waals surface area (Å²) in [7, 11) is 0. The fourth-order valence-corrected chi connectivity index (χ4v) is 2.19. The highest BCUT2D eigenvalue weighted by molar-refractivity contribution is 7.88. The summed E-state index contributed by atoms with van der Waals surface area (Å²) in [6, 6.07) is 0. The van der Waals surface area contributed by atoms with E-state index in [1.54, 1.807) is 0 Å². The van der Waals surface area contributed by atoms with Crippen LogP contribution in [0, 0.1) is 5.92 Å². The second kappa shape index (κ2) is 4.68. The monoisotopic (exact) mass is 218 g/mol. The molecule has 68 valence electrons. The lowest BCUT2D eigenvalue weighted by molar-refractivity contribution is 0.723. The first kappa shape index (κ1) is 10.6. The third kappa shape index (κ3) is 3.11. The maximum Gasteiger partial charge on any atom is 0.0356 e. The maximum absolute atomic E-state index is 4.43. The van der Waals surface area contributed by atoms with E-state index >= 15 is 0 Å². The third-order valence-corrected chi connectivity index (χ3v) is 3.42. The summed E-state index contributed by atoms with van der Waals surface area (Å²) in [4.78, 5) is 2.25. The van der Waals surface area contributed by atoms with Gasteiger partial charge in [-0.1, -0.05) is 19.1 Å². The van der Waals surface area contributed by atoms with Crippen LogP contribution < -0.4 is 0 Å². The van der Waals surface area contributed by atoms with Gasteiger partial charge in [-0.3, -0.25) is 0 Å². The highest BCUT2D eigenvalue weighted by atomic mass is 32.1. The van der Waals surface area contributed by atoms with E-state index in [-0.39, 0.29) is 5.25 Å². The summed E-state index contributed by atoms with van der Waals surface area (Å²) < 4.78 is 0. The van der Waals surface area contributed by atoms with Crippen LogP contribution >= 0.6 is 37.9 Å². The molecule has 1 rings (SSSR count). The number of hydrogen-bond donors (Lipinski definition) is 3. The van der Waals surface area contributed by atoms with E-state index in [0.29, 0.717) is 5.92 Å². The number of allylic oxidation sites excluding steroid dienone is 3. The van der Waals surface area contributed by atoms with Gasteiger partial charge >= 0.3 is 0 Å². The van der Waals surface area contributed by atoms with Gasteiger partial charge in [0.05, 0.1) is 0 Å². The van der Waals surface area contributed by atoms with Crippen molar-refractivity contribution in [2.45, 2.75) is 25.0 Å². The molecule has 0 saturated carbocycles. The molecule has 0 aromatic carbocycles. The Morgan fingerprint density at radius 2 is 2.08 bits per heavy atom. The minimum Gasteiger partial charge on any atom is -0.170 e. The van der Waals surface area contributed by atoms with Crippen molar-refractivity contribution in [3.8, 4) is 0 Å². The molecule has 0 amide bonds. The third-order valence-electron chi connectivity index (χ3n) is 1.90. The average molecular weight is 218 g/mol. The van der Waals surface area contributed by atoms with Crippen LogP contribution in [0.5, 0.6) is 0 Å². The molecule has 0 radical (unpaired) electrons. The molecule has 0 heterocycles. The summed E-state index contributed by atoms with van der Waals surface area (Å²) >= 11 is 13.2. The molecular weight excluding hydrogens is 204 g/mol. The molecule has 0 aromatic heterocycles. The van der Waals surface area contributed by atoms with Crippen LogP contribution in [-0.2, 0) is 0 Å². The normalized spacial score (nSPS) is 40.3. The molecule has 0 N–H and O–H groups in total. The van der Waals surface area contributed by atoms with Gasteiger partial charge in [-0.25, -0.2) is 0 Å². The Kier molecular flexibility index (Phi) is 4.14. The van der Waals surface area contributed by atoms with Crippen molar-refractivity contribution in [2.24, 2.45) is 5.92 Å². The minimum absolute atomic E-state index is 0.248. The second-order valence-electron chi connectivity index (χ2n) is 3.22. The molecule has 0 nitrogen and oxygen atoms in total. The number of rotatable bonds is 0. The Morgan fingerprint density at radius 3 is 2.75 bits per heavy atom. The Bertz CT molecular complexity index is 218. The first-order valence-corrected chi connectivity index (χ1v) is 5.47. The number of thiol groups is 3. The Balaban J connectivity index is 2.75. The fourth-order valence-electron chi connectivity index (χ4n) is 1.24. The average Bonchev–Trinajstić information content (AvgIpc) is 1.98. The van der Waals surface area contributed by atoms with Crippen LogP contribution in [0.1, 0.15) is 19.8 Å². The van der Waals surface area contributed by atoms with Gasteiger partial charge in [-0.05, 0) is 28.6 Å². The van der Waals surface area contributed by atoms with Gasteiger partial charge in [-0.2, -0.15) is 12.6 Å². The van der Waals surface area contributed by atoms with Gasteiger partial charge in [0.15, 0.2) is 0 Å². The fraction of sp³-hybridized carbons (Fsp3) is 0.556. The summed E-state index contributed by atoms with van der Waals surface area (Å²) in [5.41, 5.74) is 0. The summed E-state index contributed by atoms with van der Waals surface area (Å²) in [5.74, 6) is 0.524. The molecule has 0 saturated heterocycles. The lowest BCUT2D eigenvalue weighted by atomic mass is 10.0. The predicted molar refractivity (Wildman–Crippen MR) is 65.3 cm³/mol. The smallest absolute Gasteiger partial charge is 0.0356 e. The van der Waals surface area contributed by atoms with Crippen LogP contribution in [0.2, 0.25) is 0 Å². The van der Waals surface area contributed by atoms with Crippen LogP contribution in [0.15, 0.2) is 22.0 Å². The second-order valence-corrected chi connectivity index (χ2v) is 4.93. The maximum atomic E-state index is 4.43. The molecule has 12 heavy (non-hydrogen) atoms. The first-order chi connectivity index (χ1) is 5.59. The zero-order chi connectivity index (χ0) is 9.14. The molecule has 0 fully saturated rings. The summed E-state index contributed by atoms with van der Waals surface area (Å²) in [5, 5.41) is 0.248. The van der Waals surface area contributed by atoms with Crippen LogP contribution in [0.3, 0.4) is 0 Å². The molecule has 3 heteroatoms. The molecule has 1 aliphatic rings. The van der Waals surface area contributed by atoms with Gasteiger partial charge in [-0.15, -0.1) is 25.3 Å². The quantitative estimate of drug-likeness (QED) is 0.510. The highest BCUT2D eigenvalue weighted by Crippen LogP contribution is 2.27. The van der Waals surface area contributed by atoms with Crippen LogP contribution in [-0.4, -0.2) is 5.25 Å². The Hall–Kier alpha value is 0.530. The summed E-state index contributed by atoms with van der Waals surface area (Å²) in [6.45, 7) is 2.17.